The van der Waals surface area contributed by atoms with Crippen molar-refractivity contribution in [2.24, 2.45) is 11.8 Å². The third-order valence-corrected chi connectivity index (χ3v) is 7.19. The number of carbonyl (C=O) groups is 3. The third kappa shape index (κ3) is 1.98. The molecule has 7 heteroatoms. The van der Waals surface area contributed by atoms with E-state index in [4.69, 9.17) is 0 Å². The molecule has 7 nitrogen and oxygen atoms in total. The van der Waals surface area contributed by atoms with Gasteiger partial charge in [0, 0.05) is 12.0 Å². The molecule has 1 heterocycles. The van der Waals surface area contributed by atoms with Crippen molar-refractivity contribution in [1.29, 1.82) is 0 Å². The fraction of sp³-hybridized carbons (Fsp3) is 0.160. The molecule has 2 amide bonds. The highest BCUT2D eigenvalue weighted by Gasteiger charge is 2.68. The first kappa shape index (κ1) is 18.6. The Balaban J connectivity index is 1.65. The summed E-state index contributed by atoms with van der Waals surface area (Å²) >= 11 is 0. The van der Waals surface area contributed by atoms with E-state index in [0.717, 1.165) is 33.4 Å². The Bertz CT molecular complexity index is 1320. The summed E-state index contributed by atoms with van der Waals surface area (Å²) in [7, 11) is 0. The lowest BCUT2D eigenvalue weighted by molar-refractivity contribution is -0.384. The summed E-state index contributed by atoms with van der Waals surface area (Å²) in [5.74, 6) is -3.25. The molecule has 0 spiro atoms. The van der Waals surface area contributed by atoms with Gasteiger partial charge in [-0.25, -0.2) is 4.90 Å². The molecule has 32 heavy (non-hydrogen) atoms. The number of benzene rings is 3. The number of rotatable bonds is 3. The van der Waals surface area contributed by atoms with Crippen molar-refractivity contribution in [1.82, 2.24) is 0 Å². The zero-order valence-corrected chi connectivity index (χ0v) is 16.7. The molecule has 0 aromatic heterocycles. The lowest BCUT2D eigenvalue weighted by Crippen LogP contribution is -2.54. The van der Waals surface area contributed by atoms with Gasteiger partial charge in [-0.3, -0.25) is 19.7 Å². The minimum atomic E-state index is -1.32. The van der Waals surface area contributed by atoms with Gasteiger partial charge >= 0.3 is 0 Å². The molecule has 0 radical (unpaired) electrons. The average molecular weight is 424 g/mol. The van der Waals surface area contributed by atoms with Crippen molar-refractivity contribution in [2.45, 2.75) is 11.3 Å². The van der Waals surface area contributed by atoms with Crippen molar-refractivity contribution in [3.05, 3.63) is 105 Å². The van der Waals surface area contributed by atoms with Gasteiger partial charge in [-0.15, -0.1) is 0 Å². The molecule has 2 atom stereocenters. The number of hydrogen-bond acceptors (Lipinski definition) is 5. The number of amides is 2. The second kappa shape index (κ2) is 6.20. The highest BCUT2D eigenvalue weighted by atomic mass is 16.6. The fourth-order valence-electron chi connectivity index (χ4n) is 6.08. The van der Waals surface area contributed by atoms with E-state index in [1.807, 2.05) is 48.5 Å². The van der Waals surface area contributed by atoms with E-state index in [-0.39, 0.29) is 11.4 Å². The van der Waals surface area contributed by atoms with Crippen molar-refractivity contribution in [3.8, 4) is 0 Å². The first-order chi connectivity index (χ1) is 15.5. The van der Waals surface area contributed by atoms with E-state index in [9.17, 15) is 24.5 Å². The number of nitrogens with zero attached hydrogens (tertiary/aromatic N) is 2. The van der Waals surface area contributed by atoms with Crippen LogP contribution in [0.1, 0.15) is 28.2 Å². The van der Waals surface area contributed by atoms with Crippen molar-refractivity contribution in [3.63, 3.8) is 0 Å². The zero-order chi connectivity index (χ0) is 22.2. The topological polar surface area (TPSA) is 97.6 Å². The van der Waals surface area contributed by atoms with Crippen LogP contribution in [0.15, 0.2) is 72.8 Å². The Morgan fingerprint density at radius 3 is 2.00 bits per heavy atom. The summed E-state index contributed by atoms with van der Waals surface area (Å²) in [6.07, 6.45) is 0.784. The number of nitro groups is 1. The summed E-state index contributed by atoms with van der Waals surface area (Å²) in [6, 6.07) is 20.6. The van der Waals surface area contributed by atoms with Crippen LogP contribution in [-0.4, -0.2) is 23.0 Å². The smallest absolute Gasteiger partial charge is 0.293 e. The van der Waals surface area contributed by atoms with E-state index in [2.05, 4.69) is 0 Å². The summed E-state index contributed by atoms with van der Waals surface area (Å²) in [6.45, 7) is 0. The van der Waals surface area contributed by atoms with E-state index in [1.165, 1.54) is 18.2 Å². The summed E-state index contributed by atoms with van der Waals surface area (Å²) in [5.41, 5.74) is 1.45. The Kier molecular flexibility index (Phi) is 3.61. The predicted molar refractivity (Wildman–Crippen MR) is 114 cm³/mol. The van der Waals surface area contributed by atoms with Gasteiger partial charge in [0.15, 0.2) is 0 Å². The molecular formula is C25H16N2O5. The third-order valence-electron chi connectivity index (χ3n) is 7.19. The Morgan fingerprint density at radius 1 is 0.844 bits per heavy atom. The minimum Gasteiger partial charge on any atom is -0.302 e. The highest BCUT2D eigenvalue weighted by molar-refractivity contribution is 6.25. The minimum absolute atomic E-state index is 0.0598. The van der Waals surface area contributed by atoms with Crippen molar-refractivity contribution >= 4 is 29.5 Å². The highest BCUT2D eigenvalue weighted by Crippen LogP contribution is 2.63. The molecular weight excluding hydrogens is 408 g/mol. The van der Waals surface area contributed by atoms with Crippen LogP contribution in [-0.2, 0) is 19.8 Å². The number of para-hydroxylation sites is 2. The molecule has 0 saturated carbocycles. The van der Waals surface area contributed by atoms with Crippen LogP contribution >= 0.6 is 0 Å². The number of nitro benzene ring substituents is 1. The van der Waals surface area contributed by atoms with Crippen LogP contribution in [0.3, 0.4) is 0 Å². The van der Waals surface area contributed by atoms with Crippen LogP contribution in [0, 0.1) is 22.0 Å². The van der Waals surface area contributed by atoms with Gasteiger partial charge in [-0.1, -0.05) is 60.7 Å². The van der Waals surface area contributed by atoms with Crippen LogP contribution in [0.2, 0.25) is 0 Å². The first-order valence-electron chi connectivity index (χ1n) is 10.3. The molecule has 3 aromatic carbocycles. The monoisotopic (exact) mass is 424 g/mol. The number of imide groups is 1. The lowest BCUT2D eigenvalue weighted by Gasteiger charge is -2.51. The number of carbonyl (C=O) groups excluding carboxylic acids is 3. The SMILES string of the molecule is O=CC12c3ccccc3C(c3ccccc31)[C@@H]1C(=O)N(c3ccccc3[N+](=O)[O-])C(=O)[C@H]12. The zero-order valence-electron chi connectivity index (χ0n) is 16.7. The molecule has 1 fully saturated rings. The maximum absolute atomic E-state index is 13.8. The average Bonchev–Trinajstić information content (AvgIpc) is 3.09. The Hall–Kier alpha value is -4.13. The first-order valence-corrected chi connectivity index (χ1v) is 10.3. The van der Waals surface area contributed by atoms with E-state index < -0.39 is 39.9 Å². The maximum Gasteiger partial charge on any atom is 0.293 e. The molecule has 7 rings (SSSR count). The summed E-state index contributed by atoms with van der Waals surface area (Å²) in [4.78, 5) is 52.4. The molecule has 4 aliphatic rings. The second-order valence-electron chi connectivity index (χ2n) is 8.40. The van der Waals surface area contributed by atoms with Crippen LogP contribution in [0.25, 0.3) is 0 Å². The summed E-state index contributed by atoms with van der Waals surface area (Å²) < 4.78 is 0. The number of aldehydes is 1. The molecule has 0 N–H and O–H groups in total. The molecule has 2 bridgehead atoms. The van der Waals surface area contributed by atoms with Gasteiger partial charge in [0.2, 0.25) is 11.8 Å². The van der Waals surface area contributed by atoms with Gasteiger partial charge in [0.1, 0.15) is 12.0 Å². The predicted octanol–water partition coefficient (Wildman–Crippen LogP) is 3.34. The van der Waals surface area contributed by atoms with Crippen molar-refractivity contribution < 1.29 is 19.3 Å². The Labute approximate surface area is 182 Å². The van der Waals surface area contributed by atoms with Crippen molar-refractivity contribution in [2.75, 3.05) is 4.90 Å². The summed E-state index contributed by atoms with van der Waals surface area (Å²) in [5, 5.41) is 11.6. The van der Waals surface area contributed by atoms with Crippen LogP contribution in [0.5, 0.6) is 0 Å². The molecule has 1 aliphatic heterocycles. The van der Waals surface area contributed by atoms with Crippen LogP contribution < -0.4 is 4.90 Å². The van der Waals surface area contributed by atoms with Crippen LogP contribution in [0.4, 0.5) is 11.4 Å². The van der Waals surface area contributed by atoms with Gasteiger partial charge in [-0.2, -0.15) is 0 Å². The maximum atomic E-state index is 13.8. The number of hydrogen-bond donors (Lipinski definition) is 0. The molecule has 1 saturated heterocycles. The molecule has 3 aliphatic carbocycles. The Morgan fingerprint density at radius 2 is 1.41 bits per heavy atom. The van der Waals surface area contributed by atoms with E-state index in [0.29, 0.717) is 0 Å². The largest absolute Gasteiger partial charge is 0.302 e. The molecule has 156 valence electrons. The van der Waals surface area contributed by atoms with Gasteiger partial charge in [0.25, 0.3) is 5.69 Å². The standard InChI is InChI=1S/C25H16N2O5/c28-13-25-16-9-3-1-7-14(16)20(15-8-2-4-10-17(15)25)21-22(25)24(30)26(23(21)29)18-11-5-6-12-19(18)27(31)32/h1-13,20-22H/t20?,21-,22-,25?/m0/s1. The molecule has 3 aromatic rings. The molecule has 0 unspecified atom stereocenters. The van der Waals surface area contributed by atoms with Gasteiger partial charge in [-0.05, 0) is 28.3 Å². The number of anilines is 1. The fourth-order valence-corrected chi connectivity index (χ4v) is 6.08. The lowest BCUT2D eigenvalue weighted by atomic mass is 9.48. The van der Waals surface area contributed by atoms with E-state index >= 15 is 0 Å². The quantitative estimate of drug-likeness (QED) is 0.278. The van der Waals surface area contributed by atoms with E-state index in [1.54, 1.807) is 6.07 Å². The normalized spacial score (nSPS) is 27.0. The van der Waals surface area contributed by atoms with Gasteiger partial charge in [0.05, 0.1) is 22.2 Å². The van der Waals surface area contributed by atoms with Gasteiger partial charge < -0.3 is 4.79 Å². The second-order valence-corrected chi connectivity index (χ2v) is 8.40.